The van der Waals surface area contributed by atoms with Crippen molar-refractivity contribution in [1.29, 1.82) is 0 Å². The van der Waals surface area contributed by atoms with E-state index in [0.29, 0.717) is 12.2 Å². The van der Waals surface area contributed by atoms with Crippen LogP contribution in [0.1, 0.15) is 31.2 Å². The first kappa shape index (κ1) is 12.2. The van der Waals surface area contributed by atoms with Crippen molar-refractivity contribution in [3.8, 4) is 0 Å². The molecular weight excluding hydrogens is 232 g/mol. The van der Waals surface area contributed by atoms with E-state index in [-0.39, 0.29) is 0 Å². The van der Waals surface area contributed by atoms with Gasteiger partial charge in [0.2, 0.25) is 0 Å². The molecule has 0 heterocycles. The summed E-state index contributed by atoms with van der Waals surface area (Å²) in [5.41, 5.74) is 2.19. The maximum Gasteiger partial charge on any atom is 0.162 e. The summed E-state index contributed by atoms with van der Waals surface area (Å²) >= 11 is 0. The van der Waals surface area contributed by atoms with Crippen LogP contribution < -0.4 is 0 Å². The van der Waals surface area contributed by atoms with Gasteiger partial charge in [0, 0.05) is 6.42 Å². The number of hydrogen-bond acceptors (Lipinski definition) is 1. The van der Waals surface area contributed by atoms with E-state index in [1.165, 1.54) is 17.2 Å². The van der Waals surface area contributed by atoms with Gasteiger partial charge in [-0.05, 0) is 47.6 Å². The number of carbonyl (C=O) groups excluding carboxylic acids is 1. The van der Waals surface area contributed by atoms with E-state index in [1.54, 1.807) is 0 Å². The van der Waals surface area contributed by atoms with Crippen molar-refractivity contribution in [3.63, 3.8) is 0 Å². The smallest absolute Gasteiger partial charge is 0.162 e. The summed E-state index contributed by atoms with van der Waals surface area (Å²) in [5, 5.41) is 2.42. The molecule has 2 aromatic carbocycles. The molecule has 3 rings (SSSR count). The van der Waals surface area contributed by atoms with Gasteiger partial charge in [-0.1, -0.05) is 48.5 Å². The number of carbonyl (C=O) groups is 1. The Balaban J connectivity index is 1.89. The number of Topliss-reactive ketones (excluding diaryl/α,β-unsaturated/α-hetero) is 1. The molecule has 96 valence electrons. The Morgan fingerprint density at radius 2 is 1.84 bits per heavy atom. The second kappa shape index (κ2) is 5.40. The third kappa shape index (κ3) is 2.60. The molecule has 0 saturated heterocycles. The van der Waals surface area contributed by atoms with E-state index in [1.807, 2.05) is 18.2 Å². The highest BCUT2D eigenvalue weighted by Gasteiger charge is 2.13. The lowest BCUT2D eigenvalue weighted by atomic mass is 9.92. The molecule has 1 heteroatoms. The molecule has 0 spiro atoms. The van der Waals surface area contributed by atoms with Crippen molar-refractivity contribution in [1.82, 2.24) is 0 Å². The van der Waals surface area contributed by atoms with Crippen LogP contribution in [0.2, 0.25) is 0 Å². The first-order valence-corrected chi connectivity index (χ1v) is 7.03. The van der Waals surface area contributed by atoms with Crippen LogP contribution in [0.25, 0.3) is 10.8 Å². The van der Waals surface area contributed by atoms with Gasteiger partial charge in [-0.3, -0.25) is 4.79 Å². The number of ketones is 1. The number of benzene rings is 2. The van der Waals surface area contributed by atoms with Gasteiger partial charge >= 0.3 is 0 Å². The third-order valence-corrected chi connectivity index (χ3v) is 3.88. The zero-order valence-electron chi connectivity index (χ0n) is 11.1. The fourth-order valence-electron chi connectivity index (χ4n) is 2.82. The largest absolute Gasteiger partial charge is 0.294 e. The summed E-state index contributed by atoms with van der Waals surface area (Å²) in [6, 6.07) is 14.5. The highest BCUT2D eigenvalue weighted by atomic mass is 16.1. The van der Waals surface area contributed by atoms with Crippen LogP contribution in [0.15, 0.2) is 54.1 Å². The molecule has 0 saturated carbocycles. The molecule has 0 radical (unpaired) electrons. The van der Waals surface area contributed by atoms with Gasteiger partial charge in [-0.2, -0.15) is 0 Å². The van der Waals surface area contributed by atoms with Crippen LogP contribution in [-0.4, -0.2) is 5.78 Å². The molecule has 0 fully saturated rings. The van der Waals surface area contributed by atoms with E-state index < -0.39 is 0 Å². The minimum Gasteiger partial charge on any atom is -0.294 e. The van der Waals surface area contributed by atoms with Crippen molar-refractivity contribution in [3.05, 3.63) is 59.7 Å². The van der Waals surface area contributed by atoms with Gasteiger partial charge in [0.1, 0.15) is 0 Å². The van der Waals surface area contributed by atoms with Gasteiger partial charge in [0.15, 0.2) is 5.78 Å². The van der Waals surface area contributed by atoms with Gasteiger partial charge in [-0.15, -0.1) is 0 Å². The normalized spacial score (nSPS) is 15.3. The van der Waals surface area contributed by atoms with E-state index in [4.69, 9.17) is 0 Å². The molecule has 0 aliphatic heterocycles. The van der Waals surface area contributed by atoms with E-state index >= 15 is 0 Å². The minimum atomic E-state index is 0.302. The molecule has 0 N–H and O–H groups in total. The van der Waals surface area contributed by atoms with Gasteiger partial charge < -0.3 is 0 Å². The Hall–Kier alpha value is -1.89. The Morgan fingerprint density at radius 3 is 2.68 bits per heavy atom. The summed E-state index contributed by atoms with van der Waals surface area (Å²) in [6.07, 6.45) is 7.09. The Bertz CT molecular complexity index is 632. The molecule has 0 bridgehead atoms. The van der Waals surface area contributed by atoms with Crippen molar-refractivity contribution in [2.45, 2.75) is 32.1 Å². The van der Waals surface area contributed by atoms with Crippen LogP contribution >= 0.6 is 0 Å². The Labute approximate surface area is 113 Å². The van der Waals surface area contributed by atoms with Crippen molar-refractivity contribution in [2.24, 2.45) is 0 Å². The standard InChI is InChI=1S/C18H18O/c19-18(15-8-2-1-3-9-15)13-16-11-6-10-14-7-4-5-12-17(14)16/h4-8,10-12H,1-3,9,13H2. The zero-order chi connectivity index (χ0) is 13.1. The van der Waals surface area contributed by atoms with Crippen molar-refractivity contribution >= 4 is 16.6 Å². The topological polar surface area (TPSA) is 17.1 Å². The fourth-order valence-corrected chi connectivity index (χ4v) is 2.82. The molecule has 0 aromatic heterocycles. The second-order valence-corrected chi connectivity index (χ2v) is 5.21. The summed E-state index contributed by atoms with van der Waals surface area (Å²) in [4.78, 5) is 12.3. The summed E-state index contributed by atoms with van der Waals surface area (Å²) < 4.78 is 0. The Kier molecular flexibility index (Phi) is 3.45. The van der Waals surface area contributed by atoms with Gasteiger partial charge in [0.25, 0.3) is 0 Å². The molecular formula is C18H18O. The van der Waals surface area contributed by atoms with Crippen molar-refractivity contribution < 1.29 is 4.79 Å². The number of hydrogen-bond donors (Lipinski definition) is 0. The molecule has 0 unspecified atom stereocenters. The zero-order valence-corrected chi connectivity index (χ0v) is 11.1. The maximum absolute atomic E-state index is 12.3. The SMILES string of the molecule is O=C(Cc1cccc2ccccc12)C1=CCCCC1. The highest BCUT2D eigenvalue weighted by molar-refractivity contribution is 5.99. The van der Waals surface area contributed by atoms with Crippen LogP contribution in [-0.2, 0) is 11.2 Å². The second-order valence-electron chi connectivity index (χ2n) is 5.21. The molecule has 19 heavy (non-hydrogen) atoms. The number of rotatable bonds is 3. The van der Waals surface area contributed by atoms with Gasteiger partial charge in [-0.25, -0.2) is 0 Å². The first-order valence-electron chi connectivity index (χ1n) is 7.03. The summed E-state index contributed by atoms with van der Waals surface area (Å²) in [7, 11) is 0. The minimum absolute atomic E-state index is 0.302. The van der Waals surface area contributed by atoms with Crippen LogP contribution in [0.4, 0.5) is 0 Å². The molecule has 0 atom stereocenters. The lowest BCUT2D eigenvalue weighted by Gasteiger charge is -2.12. The van der Waals surface area contributed by atoms with E-state index in [2.05, 4.69) is 30.3 Å². The van der Waals surface area contributed by atoms with Gasteiger partial charge in [0.05, 0.1) is 0 Å². The highest BCUT2D eigenvalue weighted by Crippen LogP contribution is 2.23. The molecule has 0 amide bonds. The van der Waals surface area contributed by atoms with E-state index in [0.717, 1.165) is 30.4 Å². The molecule has 1 aliphatic rings. The lowest BCUT2D eigenvalue weighted by Crippen LogP contribution is -2.09. The first-order chi connectivity index (χ1) is 9.34. The monoisotopic (exact) mass is 250 g/mol. The predicted molar refractivity (Wildman–Crippen MR) is 79.2 cm³/mol. The maximum atomic E-state index is 12.3. The van der Waals surface area contributed by atoms with E-state index in [9.17, 15) is 4.79 Å². The molecule has 2 aromatic rings. The van der Waals surface area contributed by atoms with Crippen LogP contribution in [0.3, 0.4) is 0 Å². The number of allylic oxidation sites excluding steroid dienone is 2. The predicted octanol–water partition coefficient (Wildman–Crippen LogP) is 4.45. The third-order valence-electron chi connectivity index (χ3n) is 3.88. The van der Waals surface area contributed by atoms with Crippen LogP contribution in [0.5, 0.6) is 0 Å². The molecule has 1 aliphatic carbocycles. The Morgan fingerprint density at radius 1 is 1.00 bits per heavy atom. The summed E-state index contributed by atoms with van der Waals surface area (Å²) in [6.45, 7) is 0. The van der Waals surface area contributed by atoms with Crippen molar-refractivity contribution in [2.75, 3.05) is 0 Å². The molecule has 1 nitrogen and oxygen atoms in total. The average molecular weight is 250 g/mol. The quantitative estimate of drug-likeness (QED) is 0.786. The number of fused-ring (bicyclic) bond motifs is 1. The average Bonchev–Trinajstić information content (AvgIpc) is 2.48. The lowest BCUT2D eigenvalue weighted by molar-refractivity contribution is -0.115. The fraction of sp³-hybridized carbons (Fsp3) is 0.278. The summed E-state index contributed by atoms with van der Waals surface area (Å²) in [5.74, 6) is 0.302. The van der Waals surface area contributed by atoms with Crippen LogP contribution in [0, 0.1) is 0 Å².